The Morgan fingerprint density at radius 2 is 2.16 bits per heavy atom. The summed E-state index contributed by atoms with van der Waals surface area (Å²) in [4.78, 5) is 23.9. The highest BCUT2D eigenvalue weighted by atomic mass is 16.5. The first-order valence-corrected chi connectivity index (χ1v) is 8.38. The van der Waals surface area contributed by atoms with Crippen LogP contribution in [0.3, 0.4) is 0 Å². The summed E-state index contributed by atoms with van der Waals surface area (Å²) in [5.41, 5.74) is 2.17. The number of pyridine rings is 1. The maximum Gasteiger partial charge on any atom is 0.259 e. The summed E-state index contributed by atoms with van der Waals surface area (Å²) in [6.07, 6.45) is 8.19. The Morgan fingerprint density at radius 3 is 3.04 bits per heavy atom. The number of rotatable bonds is 3. The van der Waals surface area contributed by atoms with Crippen LogP contribution in [0.25, 0.3) is 5.65 Å². The highest BCUT2D eigenvalue weighted by Crippen LogP contribution is 2.32. The molecule has 0 unspecified atom stereocenters. The third kappa shape index (κ3) is 2.82. The topological polar surface area (TPSA) is 72.6 Å². The Bertz CT molecular complexity index is 907. The van der Waals surface area contributed by atoms with E-state index in [0.29, 0.717) is 18.0 Å². The Labute approximate surface area is 145 Å². The predicted molar refractivity (Wildman–Crippen MR) is 91.4 cm³/mol. The van der Waals surface area contributed by atoms with E-state index in [1.165, 1.54) is 7.11 Å². The van der Waals surface area contributed by atoms with Crippen molar-refractivity contribution in [2.75, 3.05) is 13.7 Å². The van der Waals surface area contributed by atoms with Gasteiger partial charge in [-0.15, -0.1) is 0 Å². The fraction of sp³-hybridized carbons (Fsp3) is 0.333. The largest absolute Gasteiger partial charge is 0.480 e. The number of piperidine rings is 1. The minimum atomic E-state index is -0.0650. The molecule has 0 saturated carbocycles. The number of fused-ring (bicyclic) bond motifs is 1. The Hall–Kier alpha value is -2.96. The molecule has 0 aromatic carbocycles. The normalized spacial score (nSPS) is 17.6. The molecule has 3 aromatic rings. The first kappa shape index (κ1) is 15.6. The first-order chi connectivity index (χ1) is 12.3. The van der Waals surface area contributed by atoms with E-state index < -0.39 is 0 Å². The minimum absolute atomic E-state index is 0.0499. The number of hydrogen-bond donors (Lipinski definition) is 0. The average Bonchev–Trinajstić information content (AvgIpc) is 3.15. The summed E-state index contributed by atoms with van der Waals surface area (Å²) in [5, 5.41) is 4.18. The van der Waals surface area contributed by atoms with Crippen LogP contribution >= 0.6 is 0 Å². The molecule has 0 N–H and O–H groups in total. The lowest BCUT2D eigenvalue weighted by Crippen LogP contribution is -2.39. The van der Waals surface area contributed by atoms with Crippen molar-refractivity contribution in [3.8, 4) is 5.88 Å². The minimum Gasteiger partial charge on any atom is -0.480 e. The van der Waals surface area contributed by atoms with Gasteiger partial charge in [0, 0.05) is 25.0 Å². The number of likely N-dealkylation sites (tertiary alicyclic amines) is 1. The van der Waals surface area contributed by atoms with Gasteiger partial charge < -0.3 is 9.64 Å². The molecular formula is C18H19N5O2. The van der Waals surface area contributed by atoms with Crippen LogP contribution in [0.4, 0.5) is 0 Å². The molecule has 25 heavy (non-hydrogen) atoms. The Morgan fingerprint density at radius 1 is 1.24 bits per heavy atom. The molecule has 1 saturated heterocycles. The highest BCUT2D eigenvalue weighted by Gasteiger charge is 2.31. The fourth-order valence-electron chi connectivity index (χ4n) is 3.37. The maximum atomic E-state index is 13.1. The molecule has 1 amide bonds. The van der Waals surface area contributed by atoms with E-state index in [1.54, 1.807) is 29.0 Å². The second-order valence-electron chi connectivity index (χ2n) is 6.06. The quantitative estimate of drug-likeness (QED) is 0.734. The molecule has 0 aliphatic carbocycles. The molecule has 0 bridgehead atoms. The molecule has 1 fully saturated rings. The number of aromatic nitrogens is 4. The average molecular weight is 337 g/mol. The van der Waals surface area contributed by atoms with Crippen molar-refractivity contribution in [2.45, 2.75) is 25.3 Å². The van der Waals surface area contributed by atoms with Gasteiger partial charge >= 0.3 is 0 Å². The van der Waals surface area contributed by atoms with Gasteiger partial charge in [-0.1, -0.05) is 0 Å². The van der Waals surface area contributed by atoms with Crippen LogP contribution in [0.1, 0.15) is 41.4 Å². The number of methoxy groups -OCH3 is 1. The number of ether oxygens (including phenoxy) is 1. The van der Waals surface area contributed by atoms with E-state index in [9.17, 15) is 4.79 Å². The van der Waals surface area contributed by atoms with Crippen molar-refractivity contribution >= 4 is 11.6 Å². The molecule has 7 heteroatoms. The van der Waals surface area contributed by atoms with E-state index in [-0.39, 0.29) is 11.9 Å². The van der Waals surface area contributed by atoms with Gasteiger partial charge in [0.25, 0.3) is 5.91 Å². The molecule has 1 atom stereocenters. The lowest BCUT2D eigenvalue weighted by Gasteiger charge is -2.35. The smallest absolute Gasteiger partial charge is 0.259 e. The number of amides is 1. The zero-order valence-electron chi connectivity index (χ0n) is 14.0. The van der Waals surface area contributed by atoms with E-state index >= 15 is 0 Å². The second-order valence-corrected chi connectivity index (χ2v) is 6.06. The van der Waals surface area contributed by atoms with Gasteiger partial charge in [-0.05, 0) is 37.5 Å². The summed E-state index contributed by atoms with van der Waals surface area (Å²) in [7, 11) is 1.53. The van der Waals surface area contributed by atoms with Crippen LogP contribution in [-0.2, 0) is 0 Å². The molecule has 128 valence electrons. The molecular weight excluding hydrogens is 318 g/mol. The third-order valence-electron chi connectivity index (χ3n) is 4.58. The zero-order chi connectivity index (χ0) is 17.2. The number of carbonyl (C=O) groups excluding carboxylic acids is 1. The van der Waals surface area contributed by atoms with Crippen molar-refractivity contribution in [3.05, 3.63) is 54.1 Å². The van der Waals surface area contributed by atoms with Gasteiger partial charge in [-0.3, -0.25) is 4.79 Å². The molecule has 0 radical (unpaired) electrons. The summed E-state index contributed by atoms with van der Waals surface area (Å²) in [5.74, 6) is 0.292. The fourth-order valence-corrected chi connectivity index (χ4v) is 3.37. The second kappa shape index (κ2) is 6.51. The zero-order valence-corrected chi connectivity index (χ0v) is 14.0. The summed E-state index contributed by atoms with van der Waals surface area (Å²) in [6, 6.07) is 7.27. The van der Waals surface area contributed by atoms with Crippen LogP contribution in [0, 0.1) is 0 Å². The lowest BCUT2D eigenvalue weighted by molar-refractivity contribution is 0.0602. The summed E-state index contributed by atoms with van der Waals surface area (Å²) < 4.78 is 6.98. The van der Waals surface area contributed by atoms with Gasteiger partial charge in [-0.25, -0.2) is 14.5 Å². The molecule has 0 spiro atoms. The Kier molecular flexibility index (Phi) is 4.05. The molecule has 1 aliphatic rings. The maximum absolute atomic E-state index is 13.1. The molecule has 7 nitrogen and oxygen atoms in total. The van der Waals surface area contributed by atoms with E-state index in [2.05, 4.69) is 15.1 Å². The standard InChI is InChI=1S/C18H19N5O2/c1-25-17-13(5-4-9-19-17)18(24)22-11-3-2-6-15(22)14-8-12-23-16(21-14)7-10-20-23/h4-5,7-10,12,15H,2-3,6,11H2,1H3/t15-/m0/s1. The van der Waals surface area contributed by atoms with Gasteiger partial charge in [0.05, 0.1) is 25.0 Å². The number of hydrogen-bond acceptors (Lipinski definition) is 5. The third-order valence-corrected chi connectivity index (χ3v) is 4.58. The summed E-state index contributed by atoms with van der Waals surface area (Å²) in [6.45, 7) is 0.702. The molecule has 1 aliphatic heterocycles. The van der Waals surface area contributed by atoms with Gasteiger partial charge in [-0.2, -0.15) is 5.10 Å². The van der Waals surface area contributed by atoms with Crippen molar-refractivity contribution in [2.24, 2.45) is 0 Å². The van der Waals surface area contributed by atoms with Crippen molar-refractivity contribution in [3.63, 3.8) is 0 Å². The summed E-state index contributed by atoms with van der Waals surface area (Å²) >= 11 is 0. The highest BCUT2D eigenvalue weighted by molar-refractivity contribution is 5.96. The van der Waals surface area contributed by atoms with Gasteiger partial charge in [0.15, 0.2) is 5.65 Å². The van der Waals surface area contributed by atoms with Gasteiger partial charge in [0.2, 0.25) is 5.88 Å². The first-order valence-electron chi connectivity index (χ1n) is 8.38. The van der Waals surface area contributed by atoms with E-state index in [0.717, 1.165) is 30.6 Å². The van der Waals surface area contributed by atoms with Crippen molar-refractivity contribution < 1.29 is 9.53 Å². The molecule has 4 heterocycles. The number of carbonyl (C=O) groups is 1. The van der Waals surface area contributed by atoms with Crippen molar-refractivity contribution in [1.82, 2.24) is 24.5 Å². The molecule has 3 aromatic heterocycles. The van der Waals surface area contributed by atoms with Crippen molar-refractivity contribution in [1.29, 1.82) is 0 Å². The SMILES string of the molecule is COc1ncccc1C(=O)N1CCCC[C@H]1c1ccn2nccc2n1. The van der Waals surface area contributed by atoms with Crippen LogP contribution in [0.15, 0.2) is 42.9 Å². The van der Waals surface area contributed by atoms with Crippen LogP contribution < -0.4 is 4.74 Å². The van der Waals surface area contributed by atoms with E-state index in [4.69, 9.17) is 4.74 Å². The van der Waals surface area contributed by atoms with E-state index in [1.807, 2.05) is 23.2 Å². The Balaban J connectivity index is 1.69. The monoisotopic (exact) mass is 337 g/mol. The van der Waals surface area contributed by atoms with Gasteiger partial charge in [0.1, 0.15) is 5.56 Å². The van der Waals surface area contributed by atoms with Crippen LogP contribution in [0.2, 0.25) is 0 Å². The van der Waals surface area contributed by atoms with Crippen LogP contribution in [-0.4, -0.2) is 44.0 Å². The lowest BCUT2D eigenvalue weighted by atomic mass is 9.98. The predicted octanol–water partition coefficient (Wildman–Crippen LogP) is 2.50. The molecule has 4 rings (SSSR count). The van der Waals surface area contributed by atoms with Crippen LogP contribution in [0.5, 0.6) is 5.88 Å². The number of nitrogens with zero attached hydrogens (tertiary/aromatic N) is 5.